The predicted octanol–water partition coefficient (Wildman–Crippen LogP) is 4.74. The summed E-state index contributed by atoms with van der Waals surface area (Å²) in [7, 11) is 1.56. The van der Waals surface area contributed by atoms with Gasteiger partial charge in [0.25, 0.3) is 17.7 Å². The number of hydrogen-bond acceptors (Lipinski definition) is 11. The van der Waals surface area contributed by atoms with Gasteiger partial charge in [0.1, 0.15) is 23.5 Å². The Hall–Kier alpha value is -7.84. The van der Waals surface area contributed by atoms with E-state index in [1.807, 2.05) is 42.9 Å². The minimum absolute atomic E-state index is 0.284. The first kappa shape index (κ1) is 51.8. The molecule has 0 aliphatic heterocycles. The molecule has 4 heterocycles. The average molecular weight is 951 g/mol. The summed E-state index contributed by atoms with van der Waals surface area (Å²) in [6.07, 6.45) is -8.96. The number of fused-ring (bicyclic) bond motifs is 2. The maximum atomic E-state index is 13.6. The molecule has 21 nitrogen and oxygen atoms in total. The normalized spacial score (nSPS) is 11.3. The Bertz CT molecular complexity index is 2780. The van der Waals surface area contributed by atoms with Crippen LogP contribution in [0.4, 0.5) is 43.9 Å². The second-order valence-electron chi connectivity index (χ2n) is 14.2. The minimum Gasteiger partial charge on any atom is -0.475 e. The fourth-order valence-corrected chi connectivity index (χ4v) is 6.38. The molecule has 0 radical (unpaired) electrons. The monoisotopic (exact) mass is 950 g/mol. The molecule has 0 atom stereocenters. The zero-order valence-corrected chi connectivity index (χ0v) is 36.2. The van der Waals surface area contributed by atoms with Crippen LogP contribution in [0, 0.1) is 13.8 Å². The number of aliphatic hydroxyl groups excluding tert-OH is 1. The number of aliphatic hydroxyl groups is 1. The van der Waals surface area contributed by atoms with E-state index in [2.05, 4.69) is 25.8 Å². The molecule has 0 spiro atoms. The number of hydrogen-bond donors (Lipinski definition) is 6. The number of primary amides is 1. The maximum absolute atomic E-state index is 13.6. The Morgan fingerprint density at radius 2 is 1.18 bits per heavy atom. The highest BCUT2D eigenvalue weighted by molar-refractivity contribution is 6.06. The van der Waals surface area contributed by atoms with Crippen LogP contribution in [-0.2, 0) is 40.6 Å². The molecular weight excluding hydrogens is 907 g/mol. The number of nitrogens with zero attached hydrogens (tertiary/aromatic N) is 9. The van der Waals surface area contributed by atoms with Crippen molar-refractivity contribution >= 4 is 75.2 Å². The Morgan fingerprint density at radius 1 is 0.716 bits per heavy atom. The van der Waals surface area contributed by atoms with Crippen LogP contribution in [0.5, 0.6) is 0 Å². The summed E-state index contributed by atoms with van der Waals surface area (Å²) in [6, 6.07) is 13.8. The van der Waals surface area contributed by atoms with Gasteiger partial charge in [-0.15, -0.1) is 0 Å². The lowest BCUT2D eigenvalue weighted by molar-refractivity contribution is -0.193. The number of likely N-dealkylation sites (N-methyl/N-ethyl adjacent to an activating group) is 1. The number of aromatic nitrogens is 8. The van der Waals surface area contributed by atoms with Crippen LogP contribution in [0.3, 0.4) is 0 Å². The van der Waals surface area contributed by atoms with Gasteiger partial charge in [0, 0.05) is 38.8 Å². The number of benzene rings is 2. The van der Waals surface area contributed by atoms with E-state index in [0.717, 1.165) is 0 Å². The molecule has 67 heavy (non-hydrogen) atoms. The third kappa shape index (κ3) is 12.7. The van der Waals surface area contributed by atoms with E-state index in [1.54, 1.807) is 58.9 Å². The number of rotatable bonds is 14. The fourth-order valence-electron chi connectivity index (χ4n) is 6.38. The summed E-state index contributed by atoms with van der Waals surface area (Å²) in [5.41, 5.74) is 10.9. The van der Waals surface area contributed by atoms with Crippen LogP contribution >= 0.6 is 0 Å². The number of halogens is 6. The zero-order valence-electron chi connectivity index (χ0n) is 36.2. The van der Waals surface area contributed by atoms with Gasteiger partial charge >= 0.3 is 24.3 Å². The second kappa shape index (κ2) is 21.4. The first-order valence-corrected chi connectivity index (χ1v) is 19.8. The number of carbonyl (C=O) groups is 6. The Kier molecular flexibility index (Phi) is 16.6. The van der Waals surface area contributed by atoms with Gasteiger partial charge in [0.05, 0.1) is 33.6 Å². The van der Waals surface area contributed by atoms with Gasteiger partial charge in [0.2, 0.25) is 17.8 Å². The Labute approximate surface area is 374 Å². The molecule has 4 aromatic heterocycles. The lowest BCUT2D eigenvalue weighted by Gasteiger charge is -2.16. The highest BCUT2D eigenvalue weighted by atomic mass is 19.4. The fraction of sp³-hybridized carbons (Fsp3) is 0.350. The highest BCUT2D eigenvalue weighted by Gasteiger charge is 2.39. The van der Waals surface area contributed by atoms with Crippen LogP contribution in [0.15, 0.2) is 48.5 Å². The molecule has 0 bridgehead atoms. The van der Waals surface area contributed by atoms with Crippen molar-refractivity contribution in [2.24, 2.45) is 5.73 Å². The quantitative estimate of drug-likeness (QED) is 0.0636. The number of unbranched alkanes of at least 4 members (excludes halogenated alkanes) is 1. The third-order valence-corrected chi connectivity index (χ3v) is 9.48. The number of carbonyl (C=O) groups excluding carboxylic acids is 4. The summed E-state index contributed by atoms with van der Waals surface area (Å²) >= 11 is 0. The second-order valence-corrected chi connectivity index (χ2v) is 14.2. The van der Waals surface area contributed by atoms with Gasteiger partial charge in [-0.25, -0.2) is 19.6 Å². The van der Waals surface area contributed by atoms with E-state index in [4.69, 9.17) is 30.5 Å². The number of imidazole rings is 2. The number of nitrogens with one attached hydrogen (secondary N) is 2. The molecule has 27 heteroatoms. The third-order valence-electron chi connectivity index (χ3n) is 9.48. The van der Waals surface area contributed by atoms with E-state index < -0.39 is 42.7 Å². The first-order chi connectivity index (χ1) is 31.3. The average Bonchev–Trinajstić information content (AvgIpc) is 4.03. The van der Waals surface area contributed by atoms with E-state index in [0.29, 0.717) is 101 Å². The van der Waals surface area contributed by atoms with Gasteiger partial charge < -0.3 is 35.1 Å². The largest absolute Gasteiger partial charge is 0.490 e. The Balaban J connectivity index is 0.000000608. The highest BCUT2D eigenvalue weighted by Crippen LogP contribution is 2.30. The molecule has 0 aliphatic carbocycles. The van der Waals surface area contributed by atoms with Crippen LogP contribution in [0.1, 0.15) is 69.4 Å². The summed E-state index contributed by atoms with van der Waals surface area (Å²) in [4.78, 5) is 80.0. The molecule has 6 aromatic rings. The van der Waals surface area contributed by atoms with Crippen molar-refractivity contribution in [2.75, 3.05) is 29.2 Å². The molecule has 360 valence electrons. The maximum Gasteiger partial charge on any atom is 0.490 e. The van der Waals surface area contributed by atoms with E-state index >= 15 is 0 Å². The number of carboxylic acid groups (broad SMARTS) is 2. The summed E-state index contributed by atoms with van der Waals surface area (Å²) < 4.78 is 70.5. The van der Waals surface area contributed by atoms with Gasteiger partial charge in [-0.05, 0) is 83.0 Å². The number of alkyl halides is 6. The summed E-state index contributed by atoms with van der Waals surface area (Å²) in [5, 5.41) is 38.5. The molecule has 0 aliphatic rings. The van der Waals surface area contributed by atoms with Crippen LogP contribution < -0.4 is 21.3 Å². The number of aryl methyl sites for hydroxylation is 6. The smallest absolute Gasteiger partial charge is 0.475 e. The standard InChI is InChI=1S/C36H42N12O5.2C2HF3O2/c1-6-47-28(17-21(3)42-47)33(52)40-35-38-24-19-23(32(37)51)13-14-25(24)45(35)15-8-9-16-46-27-12-10-11-26(44(5)30(50)20-49)31(27)39-36(46)41-34(53)29-18-22(4)43-48(29)7-2;2*3-2(4,5)1(6)7/h10-14,17-19,49H,6-9,15-16,20H2,1-5H3,(H2,37,51)(H,38,40,52)(H,39,41,53);2*(H,6,7). The molecule has 0 saturated heterocycles. The first-order valence-electron chi connectivity index (χ1n) is 19.8. The van der Waals surface area contributed by atoms with Crippen molar-refractivity contribution in [1.82, 2.24) is 38.7 Å². The topological polar surface area (TPSA) is 288 Å². The van der Waals surface area contributed by atoms with Gasteiger partial charge in [-0.1, -0.05) is 6.07 Å². The number of carboxylic acids is 2. The van der Waals surface area contributed by atoms with Crippen LogP contribution in [-0.4, -0.2) is 116 Å². The zero-order chi connectivity index (χ0) is 50.1. The number of para-hydroxylation sites is 1. The van der Waals surface area contributed by atoms with Crippen molar-refractivity contribution < 1.29 is 70.4 Å². The van der Waals surface area contributed by atoms with Gasteiger partial charge in [0.15, 0.2) is 0 Å². The van der Waals surface area contributed by atoms with E-state index in [9.17, 15) is 50.6 Å². The molecule has 4 amide bonds. The van der Waals surface area contributed by atoms with Crippen LogP contribution in [0.25, 0.3) is 22.1 Å². The summed E-state index contributed by atoms with van der Waals surface area (Å²) in [6.45, 7) is 8.64. The van der Waals surface area contributed by atoms with E-state index in [-0.39, 0.29) is 17.8 Å². The summed E-state index contributed by atoms with van der Waals surface area (Å²) in [5.74, 6) is -6.78. The molecule has 0 saturated carbocycles. The van der Waals surface area contributed by atoms with Crippen molar-refractivity contribution in [2.45, 2.75) is 79.1 Å². The SMILES string of the molecule is CCn1nc(C)cc1C(=O)Nc1nc2cc(C(N)=O)ccc2n1CCCCn1c(NC(=O)c2cc(C)nn2CC)nc2c(N(C)C(=O)CO)cccc21.O=C(O)C(F)(F)F.O=C(O)C(F)(F)F. The molecule has 0 fully saturated rings. The van der Waals surface area contributed by atoms with Gasteiger partial charge in [-0.2, -0.15) is 36.5 Å². The number of amides is 4. The van der Waals surface area contributed by atoms with Crippen molar-refractivity contribution in [1.29, 1.82) is 0 Å². The lowest BCUT2D eigenvalue weighted by Crippen LogP contribution is -2.29. The minimum atomic E-state index is -5.08. The van der Waals surface area contributed by atoms with Crippen LogP contribution in [0.2, 0.25) is 0 Å². The number of anilines is 3. The van der Waals surface area contributed by atoms with Crippen molar-refractivity contribution in [3.8, 4) is 0 Å². The number of aliphatic carboxylic acids is 2. The van der Waals surface area contributed by atoms with Crippen molar-refractivity contribution in [3.63, 3.8) is 0 Å². The molecular formula is C40H44F6N12O9. The number of nitrogens with two attached hydrogens (primary N) is 1. The van der Waals surface area contributed by atoms with E-state index in [1.165, 1.54) is 4.90 Å². The van der Waals surface area contributed by atoms with Crippen molar-refractivity contribution in [3.05, 3.63) is 76.9 Å². The molecule has 2 aromatic carbocycles. The molecule has 0 unspecified atom stereocenters. The Morgan fingerprint density at radius 3 is 1.61 bits per heavy atom. The lowest BCUT2D eigenvalue weighted by atomic mass is 10.2. The predicted molar refractivity (Wildman–Crippen MR) is 226 cm³/mol. The molecule has 6 rings (SSSR count). The van der Waals surface area contributed by atoms with Gasteiger partial charge in [-0.3, -0.25) is 39.2 Å². The molecule has 7 N–H and O–H groups in total.